The van der Waals surface area contributed by atoms with Crippen LogP contribution in [0.4, 0.5) is 0 Å². The van der Waals surface area contributed by atoms with E-state index in [2.05, 4.69) is 6.58 Å². The van der Waals surface area contributed by atoms with Gasteiger partial charge in [0.05, 0.1) is 0 Å². The lowest BCUT2D eigenvalue weighted by Crippen LogP contribution is -2.18. The summed E-state index contributed by atoms with van der Waals surface area (Å²) in [7, 11) is 0. The minimum Gasteiger partial charge on any atom is -0.287 e. The highest BCUT2D eigenvalue weighted by Gasteiger charge is 2.39. The van der Waals surface area contributed by atoms with Gasteiger partial charge in [0.2, 0.25) is 0 Å². The van der Waals surface area contributed by atoms with Gasteiger partial charge in [-0.15, -0.1) is 0 Å². The Morgan fingerprint density at radius 1 is 1.27 bits per heavy atom. The molecule has 1 aliphatic carbocycles. The highest BCUT2D eigenvalue weighted by molar-refractivity contribution is 8.17. The van der Waals surface area contributed by atoms with Crippen molar-refractivity contribution in [2.24, 2.45) is 11.8 Å². The Balaban J connectivity index is 2.19. The van der Waals surface area contributed by atoms with E-state index in [9.17, 15) is 4.79 Å². The number of rotatable bonds is 0. The molecule has 0 amide bonds. The van der Waals surface area contributed by atoms with Crippen molar-refractivity contribution in [2.45, 2.75) is 25.7 Å². The van der Waals surface area contributed by atoms with Gasteiger partial charge in [0.15, 0.2) is 5.12 Å². The molecule has 1 aliphatic heterocycles. The molecular formula is C9H12OS. The minimum absolute atomic E-state index is 0.334. The molecule has 1 heterocycles. The van der Waals surface area contributed by atoms with E-state index in [4.69, 9.17) is 0 Å². The Bertz CT molecular complexity index is 188. The quantitative estimate of drug-likeness (QED) is 0.553. The molecule has 2 aliphatic rings. The summed E-state index contributed by atoms with van der Waals surface area (Å²) in [4.78, 5) is 12.4. The first-order valence-corrected chi connectivity index (χ1v) is 5.01. The van der Waals surface area contributed by atoms with Crippen molar-refractivity contribution in [3.05, 3.63) is 11.5 Å². The molecule has 2 heteroatoms. The number of allylic oxidation sites excluding steroid dienone is 1. The van der Waals surface area contributed by atoms with Gasteiger partial charge in [-0.3, -0.25) is 4.79 Å². The second-order valence-electron chi connectivity index (χ2n) is 3.38. The van der Waals surface area contributed by atoms with E-state index >= 15 is 0 Å². The largest absolute Gasteiger partial charge is 0.287 e. The second-order valence-corrected chi connectivity index (χ2v) is 4.52. The van der Waals surface area contributed by atoms with Crippen molar-refractivity contribution in [1.82, 2.24) is 0 Å². The zero-order valence-corrected chi connectivity index (χ0v) is 7.32. The molecule has 60 valence electrons. The molecule has 1 saturated carbocycles. The lowest BCUT2D eigenvalue weighted by molar-refractivity contribution is -0.115. The van der Waals surface area contributed by atoms with E-state index in [1.54, 1.807) is 0 Å². The zero-order valence-electron chi connectivity index (χ0n) is 6.51. The molecule has 2 atom stereocenters. The summed E-state index contributed by atoms with van der Waals surface area (Å²) >= 11 is 1.39. The Labute approximate surface area is 71.2 Å². The van der Waals surface area contributed by atoms with Crippen LogP contribution in [0.3, 0.4) is 0 Å². The third-order valence-corrected chi connectivity index (χ3v) is 3.78. The molecule has 0 aromatic heterocycles. The zero-order chi connectivity index (χ0) is 7.84. The molecule has 0 aromatic carbocycles. The number of thioether (sulfide) groups is 1. The highest BCUT2D eigenvalue weighted by Crippen LogP contribution is 2.47. The fraction of sp³-hybridized carbons (Fsp3) is 0.667. The van der Waals surface area contributed by atoms with Crippen molar-refractivity contribution in [3.8, 4) is 0 Å². The first-order chi connectivity index (χ1) is 5.29. The fourth-order valence-corrected chi connectivity index (χ4v) is 3.20. The molecule has 0 unspecified atom stereocenters. The number of carbonyl (C=O) groups is 1. The molecule has 0 aromatic rings. The Morgan fingerprint density at radius 3 is 2.55 bits per heavy atom. The molecule has 11 heavy (non-hydrogen) atoms. The van der Waals surface area contributed by atoms with E-state index in [0.717, 1.165) is 11.3 Å². The summed E-state index contributed by atoms with van der Waals surface area (Å²) < 4.78 is 0. The number of hydrogen-bond donors (Lipinski definition) is 0. The average molecular weight is 168 g/mol. The number of hydrogen-bond acceptors (Lipinski definition) is 2. The van der Waals surface area contributed by atoms with Gasteiger partial charge in [-0.1, -0.05) is 31.2 Å². The van der Waals surface area contributed by atoms with E-state index in [0.29, 0.717) is 17.0 Å². The summed E-state index contributed by atoms with van der Waals surface area (Å²) in [5, 5.41) is 0.375. The topological polar surface area (TPSA) is 17.1 Å². The second kappa shape index (κ2) is 2.67. The van der Waals surface area contributed by atoms with Gasteiger partial charge in [-0.05, 0) is 17.7 Å². The highest BCUT2D eigenvalue weighted by atomic mass is 32.2. The molecule has 0 spiro atoms. The summed E-state index contributed by atoms with van der Waals surface area (Å²) in [5.41, 5.74) is 0. The van der Waals surface area contributed by atoms with E-state index in [1.807, 2.05) is 0 Å². The first-order valence-electron chi connectivity index (χ1n) is 4.19. The maximum atomic E-state index is 11.3. The summed E-state index contributed by atoms with van der Waals surface area (Å²) in [5.74, 6) is 0.863. The molecular weight excluding hydrogens is 156 g/mol. The van der Waals surface area contributed by atoms with Crippen LogP contribution in [0, 0.1) is 11.8 Å². The van der Waals surface area contributed by atoms with Crippen molar-refractivity contribution >= 4 is 16.9 Å². The standard InChI is InChI=1S/C9H12OS/c1-6-7-4-2-3-5-8(7)9(10)11-6/h7-8H,1-5H2/t7-,8+/m0/s1. The maximum Gasteiger partial charge on any atom is 0.197 e. The molecule has 0 radical (unpaired) electrons. The predicted octanol–water partition coefficient (Wildman–Crippen LogP) is 2.58. The lowest BCUT2D eigenvalue weighted by atomic mass is 9.80. The van der Waals surface area contributed by atoms with Gasteiger partial charge in [0, 0.05) is 11.8 Å². The van der Waals surface area contributed by atoms with Crippen LogP contribution in [0.25, 0.3) is 0 Å². The maximum absolute atomic E-state index is 11.3. The fourth-order valence-electron chi connectivity index (χ4n) is 2.08. The van der Waals surface area contributed by atoms with Gasteiger partial charge in [-0.2, -0.15) is 0 Å². The van der Waals surface area contributed by atoms with Crippen LogP contribution in [0.1, 0.15) is 25.7 Å². The lowest BCUT2D eigenvalue weighted by Gasteiger charge is -2.22. The predicted molar refractivity (Wildman–Crippen MR) is 47.2 cm³/mol. The van der Waals surface area contributed by atoms with Gasteiger partial charge < -0.3 is 0 Å². The Kier molecular flexibility index (Phi) is 1.80. The molecule has 2 fully saturated rings. The average Bonchev–Trinajstić information content (AvgIpc) is 2.30. The van der Waals surface area contributed by atoms with Crippen molar-refractivity contribution in [1.29, 1.82) is 0 Å². The van der Waals surface area contributed by atoms with Crippen molar-refractivity contribution in [3.63, 3.8) is 0 Å². The summed E-state index contributed by atoms with van der Waals surface area (Å²) in [6, 6.07) is 0. The van der Waals surface area contributed by atoms with Crippen LogP contribution in [0.2, 0.25) is 0 Å². The van der Waals surface area contributed by atoms with Gasteiger partial charge >= 0.3 is 0 Å². The van der Waals surface area contributed by atoms with Crippen LogP contribution < -0.4 is 0 Å². The summed E-state index contributed by atoms with van der Waals surface area (Å²) in [6.07, 6.45) is 4.83. The minimum atomic E-state index is 0.334. The number of fused-ring (bicyclic) bond motifs is 1. The van der Waals surface area contributed by atoms with Crippen LogP contribution in [0.5, 0.6) is 0 Å². The van der Waals surface area contributed by atoms with Crippen LogP contribution in [-0.4, -0.2) is 5.12 Å². The van der Waals surface area contributed by atoms with Gasteiger partial charge in [0.1, 0.15) is 0 Å². The van der Waals surface area contributed by atoms with Gasteiger partial charge in [-0.25, -0.2) is 0 Å². The van der Waals surface area contributed by atoms with Crippen molar-refractivity contribution < 1.29 is 4.79 Å². The number of carbonyl (C=O) groups excluding carboxylic acids is 1. The SMILES string of the molecule is C=C1SC(=O)[C@@H]2CCCC[C@@H]12. The third kappa shape index (κ3) is 1.13. The van der Waals surface area contributed by atoms with Crippen LogP contribution in [-0.2, 0) is 4.79 Å². The molecule has 0 bridgehead atoms. The summed E-state index contributed by atoms with van der Waals surface area (Å²) in [6.45, 7) is 3.93. The Hall–Kier alpha value is -0.240. The van der Waals surface area contributed by atoms with Crippen molar-refractivity contribution in [2.75, 3.05) is 0 Å². The van der Waals surface area contributed by atoms with E-state index < -0.39 is 0 Å². The van der Waals surface area contributed by atoms with E-state index in [-0.39, 0.29) is 0 Å². The van der Waals surface area contributed by atoms with Gasteiger partial charge in [0.25, 0.3) is 0 Å². The normalized spacial score (nSPS) is 37.5. The monoisotopic (exact) mass is 168 g/mol. The van der Waals surface area contributed by atoms with Crippen LogP contribution >= 0.6 is 11.8 Å². The molecule has 0 N–H and O–H groups in total. The Morgan fingerprint density at radius 2 is 1.91 bits per heavy atom. The molecule has 1 saturated heterocycles. The first kappa shape index (κ1) is 7.41. The smallest absolute Gasteiger partial charge is 0.197 e. The van der Waals surface area contributed by atoms with Crippen LogP contribution in [0.15, 0.2) is 11.5 Å². The van der Waals surface area contributed by atoms with E-state index in [1.165, 1.54) is 31.0 Å². The third-order valence-electron chi connectivity index (χ3n) is 2.71. The molecule has 2 rings (SSSR count). The molecule has 1 nitrogen and oxygen atoms in total.